The number of amides is 2. The Morgan fingerprint density at radius 1 is 0.758 bits per heavy atom. The molecule has 0 aliphatic heterocycles. The third kappa shape index (κ3) is 19.7. The SMILES string of the molecule is CCCCCCCCCCCCCCCC(=O)N[C@@H](CCC(=O)C(C)C)C(=O)NCCOC. The Morgan fingerprint density at radius 3 is 1.76 bits per heavy atom. The van der Waals surface area contributed by atoms with E-state index in [4.69, 9.17) is 4.74 Å². The normalized spacial score (nSPS) is 12.0. The Morgan fingerprint density at radius 2 is 1.27 bits per heavy atom. The standard InChI is InChI=1S/C27H52N2O4/c1-5-6-7-8-9-10-11-12-13-14-15-16-17-18-26(31)29-24(19-20-25(30)23(2)3)27(32)28-21-22-33-4/h23-24H,5-22H2,1-4H3,(H,28,32)(H,29,31)/t24-/m0/s1. The van der Waals surface area contributed by atoms with Crippen LogP contribution in [0, 0.1) is 5.92 Å². The molecule has 0 saturated heterocycles. The fourth-order valence-corrected chi connectivity index (χ4v) is 3.81. The molecule has 0 spiro atoms. The summed E-state index contributed by atoms with van der Waals surface area (Å²) in [6.45, 7) is 6.76. The number of carbonyl (C=O) groups excluding carboxylic acids is 3. The molecule has 0 fully saturated rings. The summed E-state index contributed by atoms with van der Waals surface area (Å²) in [5.74, 6) is -0.316. The lowest BCUT2D eigenvalue weighted by atomic mass is 10.0. The van der Waals surface area contributed by atoms with Crippen molar-refractivity contribution in [2.24, 2.45) is 5.92 Å². The number of ether oxygens (including phenoxy) is 1. The van der Waals surface area contributed by atoms with E-state index in [1.165, 1.54) is 64.2 Å². The second kappa shape index (κ2) is 22.4. The topological polar surface area (TPSA) is 84.5 Å². The van der Waals surface area contributed by atoms with E-state index in [-0.39, 0.29) is 23.5 Å². The molecule has 0 saturated carbocycles. The first kappa shape index (κ1) is 31.6. The van der Waals surface area contributed by atoms with Gasteiger partial charge in [0.25, 0.3) is 0 Å². The Kier molecular flexibility index (Phi) is 21.4. The molecule has 6 nitrogen and oxygen atoms in total. The predicted octanol–water partition coefficient (Wildman–Crippen LogP) is 5.72. The minimum Gasteiger partial charge on any atom is -0.383 e. The average molecular weight is 469 g/mol. The fourth-order valence-electron chi connectivity index (χ4n) is 3.81. The van der Waals surface area contributed by atoms with Gasteiger partial charge in [-0.3, -0.25) is 14.4 Å². The maximum absolute atomic E-state index is 12.4. The number of methoxy groups -OCH3 is 1. The fraction of sp³-hybridized carbons (Fsp3) is 0.889. The lowest BCUT2D eigenvalue weighted by molar-refractivity contribution is -0.130. The van der Waals surface area contributed by atoms with E-state index in [0.29, 0.717) is 32.4 Å². The molecule has 2 N–H and O–H groups in total. The minimum atomic E-state index is -0.668. The minimum absolute atomic E-state index is 0.0660. The molecule has 6 heteroatoms. The van der Waals surface area contributed by atoms with Crippen LogP contribution in [0.3, 0.4) is 0 Å². The Hall–Kier alpha value is -1.43. The van der Waals surface area contributed by atoms with E-state index in [1.54, 1.807) is 7.11 Å². The third-order valence-electron chi connectivity index (χ3n) is 6.09. The number of nitrogens with one attached hydrogen (secondary N) is 2. The number of hydrogen-bond acceptors (Lipinski definition) is 4. The van der Waals surface area contributed by atoms with E-state index >= 15 is 0 Å². The summed E-state index contributed by atoms with van der Waals surface area (Å²) in [5.41, 5.74) is 0. The molecule has 0 aliphatic carbocycles. The average Bonchev–Trinajstić information content (AvgIpc) is 2.79. The molecule has 194 valence electrons. The summed E-state index contributed by atoms with van der Waals surface area (Å²) in [6.07, 6.45) is 17.5. The van der Waals surface area contributed by atoms with Gasteiger partial charge >= 0.3 is 0 Å². The van der Waals surface area contributed by atoms with Gasteiger partial charge in [-0.25, -0.2) is 0 Å². The highest BCUT2D eigenvalue weighted by atomic mass is 16.5. The molecule has 0 bridgehead atoms. The molecule has 0 aliphatic rings. The van der Waals surface area contributed by atoms with Crippen molar-refractivity contribution in [3.05, 3.63) is 0 Å². The summed E-state index contributed by atoms with van der Waals surface area (Å²) >= 11 is 0. The molecule has 0 aromatic rings. The van der Waals surface area contributed by atoms with Gasteiger partial charge in [-0.1, -0.05) is 97.8 Å². The number of hydrogen-bond donors (Lipinski definition) is 2. The Balaban J connectivity index is 3.98. The van der Waals surface area contributed by atoms with Crippen molar-refractivity contribution in [3.8, 4) is 0 Å². The number of unbranched alkanes of at least 4 members (excludes halogenated alkanes) is 12. The van der Waals surface area contributed by atoms with Crippen LogP contribution >= 0.6 is 0 Å². The van der Waals surface area contributed by atoms with Crippen LogP contribution in [0.5, 0.6) is 0 Å². The van der Waals surface area contributed by atoms with Gasteiger partial charge in [0.1, 0.15) is 11.8 Å². The van der Waals surface area contributed by atoms with Gasteiger partial charge in [0.2, 0.25) is 11.8 Å². The van der Waals surface area contributed by atoms with Crippen LogP contribution in [0.25, 0.3) is 0 Å². The van der Waals surface area contributed by atoms with Crippen LogP contribution in [-0.4, -0.2) is 43.9 Å². The lowest BCUT2D eigenvalue weighted by Crippen LogP contribution is -2.47. The first-order valence-electron chi connectivity index (χ1n) is 13.5. The second-order valence-electron chi connectivity index (χ2n) is 9.56. The van der Waals surface area contributed by atoms with Crippen molar-refractivity contribution in [1.29, 1.82) is 0 Å². The first-order valence-corrected chi connectivity index (χ1v) is 13.5. The molecule has 0 unspecified atom stereocenters. The molecule has 0 radical (unpaired) electrons. The van der Waals surface area contributed by atoms with Crippen molar-refractivity contribution in [1.82, 2.24) is 10.6 Å². The molecule has 1 atom stereocenters. The van der Waals surface area contributed by atoms with Crippen LogP contribution in [0.4, 0.5) is 0 Å². The third-order valence-corrected chi connectivity index (χ3v) is 6.09. The molecule has 0 aromatic heterocycles. The molecule has 2 amide bonds. The number of ketones is 1. The lowest BCUT2D eigenvalue weighted by Gasteiger charge is -2.18. The van der Waals surface area contributed by atoms with Gasteiger partial charge in [-0.05, 0) is 12.8 Å². The van der Waals surface area contributed by atoms with Crippen LogP contribution < -0.4 is 10.6 Å². The molecule has 0 aromatic carbocycles. The summed E-state index contributed by atoms with van der Waals surface area (Å²) in [6, 6.07) is -0.668. The van der Waals surface area contributed by atoms with Crippen LogP contribution in [-0.2, 0) is 19.1 Å². The summed E-state index contributed by atoms with van der Waals surface area (Å²) in [5, 5.41) is 5.61. The zero-order chi connectivity index (χ0) is 24.7. The Labute approximate surface area is 203 Å². The smallest absolute Gasteiger partial charge is 0.242 e. The van der Waals surface area contributed by atoms with Crippen molar-refractivity contribution < 1.29 is 19.1 Å². The molecule has 0 rings (SSSR count). The van der Waals surface area contributed by atoms with Gasteiger partial charge in [-0.15, -0.1) is 0 Å². The number of Topliss-reactive ketones (excluding diaryl/α,β-unsaturated/α-hetero) is 1. The molecule has 33 heavy (non-hydrogen) atoms. The van der Waals surface area contributed by atoms with Gasteiger partial charge in [0.05, 0.1) is 6.61 Å². The maximum Gasteiger partial charge on any atom is 0.242 e. The van der Waals surface area contributed by atoms with Gasteiger partial charge in [0.15, 0.2) is 0 Å². The Bertz CT molecular complexity index is 508. The van der Waals surface area contributed by atoms with E-state index in [2.05, 4.69) is 17.6 Å². The predicted molar refractivity (Wildman–Crippen MR) is 136 cm³/mol. The highest BCUT2D eigenvalue weighted by Gasteiger charge is 2.22. The summed E-state index contributed by atoms with van der Waals surface area (Å²) in [7, 11) is 1.57. The molecular formula is C27H52N2O4. The van der Waals surface area contributed by atoms with Crippen molar-refractivity contribution in [3.63, 3.8) is 0 Å². The second-order valence-corrected chi connectivity index (χ2v) is 9.56. The first-order chi connectivity index (χ1) is 15.9. The van der Waals surface area contributed by atoms with E-state index in [0.717, 1.165) is 19.3 Å². The van der Waals surface area contributed by atoms with Gasteiger partial charge in [-0.2, -0.15) is 0 Å². The number of rotatable bonds is 23. The molecule has 0 heterocycles. The van der Waals surface area contributed by atoms with E-state index in [1.807, 2.05) is 13.8 Å². The van der Waals surface area contributed by atoms with E-state index < -0.39 is 6.04 Å². The monoisotopic (exact) mass is 468 g/mol. The highest BCUT2D eigenvalue weighted by Crippen LogP contribution is 2.13. The van der Waals surface area contributed by atoms with Crippen LogP contribution in [0.2, 0.25) is 0 Å². The maximum atomic E-state index is 12.4. The van der Waals surface area contributed by atoms with Crippen molar-refractivity contribution in [2.75, 3.05) is 20.3 Å². The van der Waals surface area contributed by atoms with E-state index in [9.17, 15) is 14.4 Å². The van der Waals surface area contributed by atoms with Crippen LogP contribution in [0.1, 0.15) is 124 Å². The summed E-state index contributed by atoms with van der Waals surface area (Å²) in [4.78, 5) is 36.8. The van der Waals surface area contributed by atoms with Gasteiger partial charge in [0, 0.05) is 32.4 Å². The van der Waals surface area contributed by atoms with Crippen LogP contribution in [0.15, 0.2) is 0 Å². The largest absolute Gasteiger partial charge is 0.383 e. The zero-order valence-corrected chi connectivity index (χ0v) is 22.0. The van der Waals surface area contributed by atoms with Crippen molar-refractivity contribution in [2.45, 2.75) is 130 Å². The van der Waals surface area contributed by atoms with Crippen molar-refractivity contribution >= 4 is 17.6 Å². The quantitative estimate of drug-likeness (QED) is 0.188. The highest BCUT2D eigenvalue weighted by molar-refractivity contribution is 5.88. The van der Waals surface area contributed by atoms with Gasteiger partial charge < -0.3 is 15.4 Å². The summed E-state index contributed by atoms with van der Waals surface area (Å²) < 4.78 is 4.96. The number of carbonyl (C=O) groups is 3. The zero-order valence-electron chi connectivity index (χ0n) is 22.0. The molecular weight excluding hydrogens is 416 g/mol.